The number of benzene rings is 2. The van der Waals surface area contributed by atoms with Gasteiger partial charge < -0.3 is 14.5 Å². The van der Waals surface area contributed by atoms with Crippen LogP contribution >= 0.6 is 15.9 Å². The molecule has 134 valence electrons. The molecule has 0 radical (unpaired) electrons. The third-order valence-corrected chi connectivity index (χ3v) is 4.91. The van der Waals surface area contributed by atoms with Crippen molar-refractivity contribution in [1.29, 1.82) is 0 Å². The molecule has 3 rings (SSSR count). The molecule has 5 heteroatoms. The van der Waals surface area contributed by atoms with Crippen molar-refractivity contribution in [3.8, 4) is 5.75 Å². The highest BCUT2D eigenvalue weighted by molar-refractivity contribution is 9.10. The van der Waals surface area contributed by atoms with Crippen molar-refractivity contribution in [3.63, 3.8) is 0 Å². The van der Waals surface area contributed by atoms with Crippen LogP contribution in [0.5, 0.6) is 5.75 Å². The average Bonchev–Trinajstić information content (AvgIpc) is 2.89. The van der Waals surface area contributed by atoms with Crippen LogP contribution in [0.3, 0.4) is 0 Å². The molecule has 0 aliphatic heterocycles. The van der Waals surface area contributed by atoms with E-state index < -0.39 is 0 Å². The van der Waals surface area contributed by atoms with Gasteiger partial charge >= 0.3 is 0 Å². The summed E-state index contributed by atoms with van der Waals surface area (Å²) in [6, 6.07) is 11.3. The van der Waals surface area contributed by atoms with Crippen molar-refractivity contribution < 1.29 is 13.9 Å². The van der Waals surface area contributed by atoms with E-state index in [1.165, 1.54) is 0 Å². The van der Waals surface area contributed by atoms with Crippen molar-refractivity contribution in [2.24, 2.45) is 0 Å². The molecule has 0 unspecified atom stereocenters. The molecule has 0 aliphatic carbocycles. The summed E-state index contributed by atoms with van der Waals surface area (Å²) in [7, 11) is 1.61. The number of methoxy groups -OCH3 is 1. The van der Waals surface area contributed by atoms with E-state index >= 15 is 0 Å². The molecule has 0 saturated heterocycles. The number of carbonyl (C=O) groups excluding carboxylic acids is 1. The van der Waals surface area contributed by atoms with E-state index in [9.17, 15) is 4.79 Å². The Morgan fingerprint density at radius 1 is 1.19 bits per heavy atom. The zero-order valence-corrected chi connectivity index (χ0v) is 16.7. The number of hydrogen-bond acceptors (Lipinski definition) is 3. The van der Waals surface area contributed by atoms with Crippen molar-refractivity contribution >= 4 is 44.1 Å². The summed E-state index contributed by atoms with van der Waals surface area (Å²) in [5.41, 5.74) is 4.31. The lowest BCUT2D eigenvalue weighted by Gasteiger charge is -2.10. The van der Waals surface area contributed by atoms with Crippen LogP contribution in [0.4, 0.5) is 5.69 Å². The second-order valence-corrected chi connectivity index (χ2v) is 7.07. The summed E-state index contributed by atoms with van der Waals surface area (Å²) >= 11 is 3.38. The van der Waals surface area contributed by atoms with Crippen LogP contribution in [-0.4, -0.2) is 13.0 Å². The Morgan fingerprint density at radius 3 is 2.54 bits per heavy atom. The second-order valence-electron chi connectivity index (χ2n) is 6.16. The predicted molar refractivity (Wildman–Crippen MR) is 109 cm³/mol. The average molecular weight is 414 g/mol. The van der Waals surface area contributed by atoms with Gasteiger partial charge in [-0.1, -0.05) is 15.9 Å². The number of allylic oxidation sites excluding steroid dienone is 1. The van der Waals surface area contributed by atoms with Crippen LogP contribution in [0.25, 0.3) is 16.5 Å². The molecule has 0 atom stereocenters. The smallest absolute Gasteiger partial charge is 0.248 e. The highest BCUT2D eigenvalue weighted by Crippen LogP contribution is 2.34. The first-order chi connectivity index (χ1) is 12.4. The van der Waals surface area contributed by atoms with Gasteiger partial charge in [0.05, 0.1) is 7.11 Å². The van der Waals surface area contributed by atoms with Crippen LogP contribution in [-0.2, 0) is 4.79 Å². The van der Waals surface area contributed by atoms with Crippen molar-refractivity contribution in [2.75, 3.05) is 12.4 Å². The molecule has 0 fully saturated rings. The third kappa shape index (κ3) is 3.68. The first kappa shape index (κ1) is 18.3. The zero-order valence-electron chi connectivity index (χ0n) is 15.1. The van der Waals surface area contributed by atoms with Crippen molar-refractivity contribution in [1.82, 2.24) is 0 Å². The van der Waals surface area contributed by atoms with E-state index in [4.69, 9.17) is 9.15 Å². The normalized spacial score (nSPS) is 11.7. The van der Waals surface area contributed by atoms with E-state index in [1.807, 2.05) is 57.2 Å². The Labute approximate surface area is 161 Å². The minimum Gasteiger partial charge on any atom is -0.496 e. The van der Waals surface area contributed by atoms with Gasteiger partial charge in [0.15, 0.2) is 0 Å². The minimum atomic E-state index is -0.188. The lowest BCUT2D eigenvalue weighted by Crippen LogP contribution is -2.08. The van der Waals surface area contributed by atoms with Crippen LogP contribution in [0, 0.1) is 13.8 Å². The molecule has 0 saturated carbocycles. The Balaban J connectivity index is 1.93. The number of fused-ring (bicyclic) bond motifs is 1. The molecule has 2 aromatic carbocycles. The molecule has 1 heterocycles. The standard InChI is InChI=1S/C21H20BrNO3/c1-12(9-21(24)23-16-7-5-15(22)6-8-16)17-10-18-13(2)14(3)26-20(18)11-19(17)25-4/h5-11H,1-4H3,(H,23,24)/b12-9+. The number of anilines is 1. The Kier molecular flexibility index (Phi) is 5.18. The van der Waals surface area contributed by atoms with Crippen LogP contribution in [0.2, 0.25) is 0 Å². The Morgan fingerprint density at radius 2 is 1.88 bits per heavy atom. The number of amides is 1. The summed E-state index contributed by atoms with van der Waals surface area (Å²) in [5.74, 6) is 1.37. The summed E-state index contributed by atoms with van der Waals surface area (Å²) in [4.78, 5) is 12.4. The number of nitrogens with one attached hydrogen (secondary N) is 1. The number of halogens is 1. The number of aryl methyl sites for hydroxylation is 2. The maximum absolute atomic E-state index is 12.4. The minimum absolute atomic E-state index is 0.188. The first-order valence-corrected chi connectivity index (χ1v) is 9.01. The van der Waals surface area contributed by atoms with Crippen LogP contribution in [0.15, 0.2) is 51.4 Å². The molecule has 26 heavy (non-hydrogen) atoms. The third-order valence-electron chi connectivity index (χ3n) is 4.38. The fourth-order valence-corrected chi connectivity index (χ4v) is 3.10. The van der Waals surface area contributed by atoms with Crippen LogP contribution < -0.4 is 10.1 Å². The summed E-state index contributed by atoms with van der Waals surface area (Å²) in [6.07, 6.45) is 1.58. The number of carbonyl (C=O) groups is 1. The Hall–Kier alpha value is -2.53. The molecule has 0 bridgehead atoms. The maximum atomic E-state index is 12.4. The summed E-state index contributed by atoms with van der Waals surface area (Å²) in [6.45, 7) is 5.86. The maximum Gasteiger partial charge on any atom is 0.248 e. The fraction of sp³-hybridized carbons (Fsp3) is 0.190. The molecule has 1 amide bonds. The van der Waals surface area contributed by atoms with Crippen molar-refractivity contribution in [2.45, 2.75) is 20.8 Å². The van der Waals surface area contributed by atoms with Gasteiger partial charge in [0, 0.05) is 33.3 Å². The molecule has 1 N–H and O–H groups in total. The summed E-state index contributed by atoms with van der Waals surface area (Å²) in [5, 5.41) is 3.89. The summed E-state index contributed by atoms with van der Waals surface area (Å²) < 4.78 is 12.2. The van der Waals surface area contributed by atoms with Gasteiger partial charge in [-0.15, -0.1) is 0 Å². The highest BCUT2D eigenvalue weighted by Gasteiger charge is 2.14. The highest BCUT2D eigenvalue weighted by atomic mass is 79.9. The number of rotatable bonds is 4. The van der Waals surface area contributed by atoms with E-state index in [0.29, 0.717) is 5.75 Å². The molecule has 0 aliphatic rings. The van der Waals surface area contributed by atoms with Gasteiger partial charge in [-0.2, -0.15) is 0 Å². The van der Waals surface area contributed by atoms with Gasteiger partial charge in [-0.05, 0) is 62.2 Å². The number of furan rings is 1. The van der Waals surface area contributed by atoms with Gasteiger partial charge in [-0.3, -0.25) is 4.79 Å². The monoisotopic (exact) mass is 413 g/mol. The van der Waals surface area contributed by atoms with E-state index in [1.54, 1.807) is 13.2 Å². The quantitative estimate of drug-likeness (QED) is 0.544. The SMILES string of the molecule is COc1cc2oc(C)c(C)c2cc1/C(C)=C/C(=O)Nc1ccc(Br)cc1. The molecular weight excluding hydrogens is 394 g/mol. The molecule has 0 spiro atoms. The predicted octanol–water partition coefficient (Wildman–Crippen LogP) is 5.86. The van der Waals surface area contributed by atoms with Gasteiger partial charge in [-0.25, -0.2) is 0 Å². The van der Waals surface area contributed by atoms with Crippen LogP contribution in [0.1, 0.15) is 23.8 Å². The van der Waals surface area contributed by atoms with Gasteiger partial charge in [0.2, 0.25) is 5.91 Å². The second kappa shape index (κ2) is 7.38. The first-order valence-electron chi connectivity index (χ1n) is 8.22. The van der Waals surface area contributed by atoms with Crippen molar-refractivity contribution in [3.05, 3.63) is 63.8 Å². The van der Waals surface area contributed by atoms with Gasteiger partial charge in [0.25, 0.3) is 0 Å². The number of hydrogen-bond donors (Lipinski definition) is 1. The molecular formula is C21H20BrNO3. The molecule has 1 aromatic heterocycles. The van der Waals surface area contributed by atoms with Gasteiger partial charge in [0.1, 0.15) is 17.1 Å². The lowest BCUT2D eigenvalue weighted by atomic mass is 10.0. The lowest BCUT2D eigenvalue weighted by molar-refractivity contribution is -0.111. The topological polar surface area (TPSA) is 51.5 Å². The Bertz CT molecular complexity index is 1000. The van der Waals surface area contributed by atoms with E-state index in [-0.39, 0.29) is 5.91 Å². The fourth-order valence-electron chi connectivity index (χ4n) is 2.83. The van der Waals surface area contributed by atoms with E-state index in [2.05, 4.69) is 21.2 Å². The van der Waals surface area contributed by atoms with E-state index in [0.717, 1.165) is 43.6 Å². The number of ether oxygens (including phenoxy) is 1. The largest absolute Gasteiger partial charge is 0.496 e. The molecule has 3 aromatic rings. The molecule has 4 nitrogen and oxygen atoms in total. The zero-order chi connectivity index (χ0) is 18.8.